The highest BCUT2D eigenvalue weighted by Gasteiger charge is 2.15. The lowest BCUT2D eigenvalue weighted by atomic mass is 10.1. The number of hydrogen-bond donors (Lipinski definition) is 2. The van der Waals surface area contributed by atoms with E-state index in [2.05, 4.69) is 19.2 Å². The third-order valence-electron chi connectivity index (χ3n) is 2.77. The molecule has 0 aliphatic carbocycles. The molecule has 21 heavy (non-hydrogen) atoms. The van der Waals surface area contributed by atoms with Crippen molar-refractivity contribution in [2.75, 3.05) is 30.8 Å². The highest BCUT2D eigenvalue weighted by molar-refractivity contribution is 7.99. The van der Waals surface area contributed by atoms with E-state index in [-0.39, 0.29) is 0 Å². The van der Waals surface area contributed by atoms with E-state index in [4.69, 9.17) is 4.74 Å². The van der Waals surface area contributed by atoms with Crippen LogP contribution in [0.3, 0.4) is 0 Å². The summed E-state index contributed by atoms with van der Waals surface area (Å²) in [4.78, 5) is 12.3. The summed E-state index contributed by atoms with van der Waals surface area (Å²) in [6, 6.07) is 5.56. The number of thioether (sulfide) groups is 1. The molecule has 1 rings (SSSR count). The summed E-state index contributed by atoms with van der Waals surface area (Å²) < 4.78 is 5.51. The van der Waals surface area contributed by atoms with E-state index in [1.165, 1.54) is 0 Å². The lowest BCUT2D eigenvalue weighted by Crippen LogP contribution is -2.11. The first-order valence-corrected chi connectivity index (χ1v) is 8.35. The van der Waals surface area contributed by atoms with E-state index < -0.39 is 5.97 Å². The predicted molar refractivity (Wildman–Crippen MR) is 88.6 cm³/mol. The van der Waals surface area contributed by atoms with Gasteiger partial charge in [-0.25, -0.2) is 4.79 Å². The molecule has 0 saturated carbocycles. The Hall–Kier alpha value is -1.20. The Balaban J connectivity index is 2.54. The van der Waals surface area contributed by atoms with Gasteiger partial charge in [-0.1, -0.05) is 26.8 Å². The van der Waals surface area contributed by atoms with Gasteiger partial charge in [0.05, 0.1) is 5.56 Å². The van der Waals surface area contributed by atoms with Gasteiger partial charge in [-0.3, -0.25) is 0 Å². The summed E-state index contributed by atoms with van der Waals surface area (Å²) in [5, 5.41) is 12.6. The van der Waals surface area contributed by atoms with Gasteiger partial charge in [0.2, 0.25) is 0 Å². The van der Waals surface area contributed by atoms with E-state index in [1.807, 2.05) is 25.1 Å². The first kappa shape index (κ1) is 17.9. The summed E-state index contributed by atoms with van der Waals surface area (Å²) in [5.74, 6) is 0.511. The van der Waals surface area contributed by atoms with Crippen LogP contribution in [0.25, 0.3) is 0 Å². The monoisotopic (exact) mass is 311 g/mol. The average Bonchev–Trinajstić information content (AvgIpc) is 2.42. The van der Waals surface area contributed by atoms with Gasteiger partial charge in [0.25, 0.3) is 0 Å². The van der Waals surface area contributed by atoms with E-state index in [9.17, 15) is 9.90 Å². The third kappa shape index (κ3) is 6.40. The van der Waals surface area contributed by atoms with Crippen LogP contribution in [0.1, 0.15) is 37.6 Å². The summed E-state index contributed by atoms with van der Waals surface area (Å²) >= 11 is 1.55. The lowest BCUT2D eigenvalue weighted by molar-refractivity contribution is 0.0694. The molecule has 0 amide bonds. The molecule has 0 aliphatic rings. The van der Waals surface area contributed by atoms with Crippen molar-refractivity contribution in [2.45, 2.75) is 32.1 Å². The average molecular weight is 311 g/mol. The molecule has 0 aromatic heterocycles. The van der Waals surface area contributed by atoms with Gasteiger partial charge in [-0.2, -0.15) is 0 Å². The molecule has 5 heteroatoms. The van der Waals surface area contributed by atoms with Crippen molar-refractivity contribution in [3.63, 3.8) is 0 Å². The fraction of sp³-hybridized carbons (Fsp3) is 0.562. The van der Waals surface area contributed by atoms with Crippen molar-refractivity contribution >= 4 is 23.4 Å². The van der Waals surface area contributed by atoms with Crippen LogP contribution >= 0.6 is 11.8 Å². The zero-order valence-corrected chi connectivity index (χ0v) is 13.8. The number of carboxylic acid groups (broad SMARTS) is 1. The van der Waals surface area contributed by atoms with Crippen LogP contribution in [0, 0.1) is 5.92 Å². The maximum atomic E-state index is 11.4. The van der Waals surface area contributed by atoms with Crippen LogP contribution in [0.5, 0.6) is 0 Å². The van der Waals surface area contributed by atoms with Gasteiger partial charge >= 0.3 is 5.97 Å². The van der Waals surface area contributed by atoms with Crippen LogP contribution in [0.15, 0.2) is 23.1 Å². The normalized spacial score (nSPS) is 10.9. The minimum absolute atomic E-state index is 0.368. The summed E-state index contributed by atoms with van der Waals surface area (Å²) in [6.45, 7) is 8.42. The maximum absolute atomic E-state index is 11.4. The summed E-state index contributed by atoms with van der Waals surface area (Å²) in [5.41, 5.74) is 1.05. The van der Waals surface area contributed by atoms with Gasteiger partial charge in [-0.15, -0.1) is 11.8 Å². The SMILES string of the molecule is CCSc1cccc(NCCCOCC(C)C)c1C(=O)O. The number of aromatic carboxylic acids is 1. The van der Waals surface area contributed by atoms with Gasteiger partial charge in [-0.05, 0) is 30.2 Å². The first-order chi connectivity index (χ1) is 10.1. The van der Waals surface area contributed by atoms with E-state index >= 15 is 0 Å². The predicted octanol–water partition coefficient (Wildman–Crippen LogP) is 3.97. The first-order valence-electron chi connectivity index (χ1n) is 7.37. The van der Waals surface area contributed by atoms with Crippen LogP contribution in [-0.4, -0.2) is 36.6 Å². The van der Waals surface area contributed by atoms with E-state index in [0.29, 0.717) is 30.3 Å². The van der Waals surface area contributed by atoms with Crippen LogP contribution < -0.4 is 5.32 Å². The molecule has 1 aromatic carbocycles. The van der Waals surface area contributed by atoms with E-state index in [0.717, 1.165) is 23.7 Å². The number of benzene rings is 1. The van der Waals surface area contributed by atoms with Crippen molar-refractivity contribution in [1.82, 2.24) is 0 Å². The molecule has 0 aliphatic heterocycles. The number of anilines is 1. The van der Waals surface area contributed by atoms with Crippen molar-refractivity contribution in [3.8, 4) is 0 Å². The smallest absolute Gasteiger partial charge is 0.338 e. The summed E-state index contributed by atoms with van der Waals surface area (Å²) in [6.07, 6.45) is 0.858. The Bertz CT molecular complexity index is 449. The molecule has 0 atom stereocenters. The molecule has 0 saturated heterocycles. The number of rotatable bonds is 10. The number of nitrogens with one attached hydrogen (secondary N) is 1. The van der Waals surface area contributed by atoms with Gasteiger partial charge < -0.3 is 15.2 Å². The molecular weight excluding hydrogens is 286 g/mol. The number of ether oxygens (including phenoxy) is 1. The highest BCUT2D eigenvalue weighted by Crippen LogP contribution is 2.28. The molecular formula is C16H25NO3S. The Kier molecular flexibility index (Phi) is 8.23. The fourth-order valence-corrected chi connectivity index (χ4v) is 2.72. The largest absolute Gasteiger partial charge is 0.478 e. The molecule has 1 aromatic rings. The maximum Gasteiger partial charge on any atom is 0.338 e. The Morgan fingerprint density at radius 2 is 2.19 bits per heavy atom. The van der Waals surface area contributed by atoms with Crippen molar-refractivity contribution in [2.24, 2.45) is 5.92 Å². The third-order valence-corrected chi connectivity index (χ3v) is 3.71. The van der Waals surface area contributed by atoms with Crippen molar-refractivity contribution in [3.05, 3.63) is 23.8 Å². The van der Waals surface area contributed by atoms with Gasteiger partial charge in [0, 0.05) is 30.3 Å². The van der Waals surface area contributed by atoms with Crippen LogP contribution in [-0.2, 0) is 4.74 Å². The molecule has 0 unspecified atom stereocenters. The number of carbonyl (C=O) groups is 1. The molecule has 2 N–H and O–H groups in total. The second-order valence-electron chi connectivity index (χ2n) is 5.17. The standard InChI is InChI=1S/C16H25NO3S/c1-4-21-14-8-5-7-13(15(14)16(18)19)17-9-6-10-20-11-12(2)3/h5,7-8,12,17H,4,6,9-11H2,1-3H3,(H,18,19). The Morgan fingerprint density at radius 3 is 2.81 bits per heavy atom. The number of carboxylic acids is 1. The quantitative estimate of drug-likeness (QED) is 0.506. The van der Waals surface area contributed by atoms with Crippen LogP contribution in [0.2, 0.25) is 0 Å². The van der Waals surface area contributed by atoms with Gasteiger partial charge in [0.1, 0.15) is 0 Å². The van der Waals surface area contributed by atoms with Crippen molar-refractivity contribution < 1.29 is 14.6 Å². The number of hydrogen-bond acceptors (Lipinski definition) is 4. The lowest BCUT2D eigenvalue weighted by Gasteiger charge is -2.13. The minimum Gasteiger partial charge on any atom is -0.478 e. The van der Waals surface area contributed by atoms with Gasteiger partial charge in [0.15, 0.2) is 0 Å². The van der Waals surface area contributed by atoms with E-state index in [1.54, 1.807) is 11.8 Å². The Morgan fingerprint density at radius 1 is 1.43 bits per heavy atom. The molecule has 0 radical (unpaired) electrons. The zero-order chi connectivity index (χ0) is 15.7. The highest BCUT2D eigenvalue weighted by atomic mass is 32.2. The molecule has 4 nitrogen and oxygen atoms in total. The Labute approximate surface area is 131 Å². The topological polar surface area (TPSA) is 58.6 Å². The fourth-order valence-electron chi connectivity index (χ4n) is 1.89. The molecule has 0 fully saturated rings. The summed E-state index contributed by atoms with van der Waals surface area (Å²) in [7, 11) is 0. The molecule has 0 bridgehead atoms. The second-order valence-corrected chi connectivity index (χ2v) is 6.47. The second kappa shape index (κ2) is 9.68. The zero-order valence-electron chi connectivity index (χ0n) is 13.0. The molecule has 118 valence electrons. The van der Waals surface area contributed by atoms with Crippen LogP contribution in [0.4, 0.5) is 5.69 Å². The molecule has 0 heterocycles. The minimum atomic E-state index is -0.884. The molecule has 0 spiro atoms. The van der Waals surface area contributed by atoms with Crippen molar-refractivity contribution in [1.29, 1.82) is 0 Å².